The average molecular weight is 251 g/mol. The van der Waals surface area contributed by atoms with Crippen LogP contribution in [0.3, 0.4) is 0 Å². The van der Waals surface area contributed by atoms with Gasteiger partial charge < -0.3 is 5.32 Å². The van der Waals surface area contributed by atoms with Crippen molar-refractivity contribution in [1.29, 1.82) is 0 Å². The second-order valence-electron chi connectivity index (χ2n) is 6.14. The Morgan fingerprint density at radius 1 is 1.22 bits per heavy atom. The molecule has 0 unspecified atom stereocenters. The van der Waals surface area contributed by atoms with E-state index in [1.807, 2.05) is 0 Å². The van der Waals surface area contributed by atoms with Gasteiger partial charge in [-0.1, -0.05) is 40.0 Å². The molecular weight excluding hydrogens is 222 g/mol. The molecular formula is C15H29N3. The van der Waals surface area contributed by atoms with E-state index in [9.17, 15) is 0 Å². The topological polar surface area (TPSA) is 40.7 Å². The highest BCUT2D eigenvalue weighted by molar-refractivity contribution is 5.22. The summed E-state index contributed by atoms with van der Waals surface area (Å²) < 4.78 is 0. The van der Waals surface area contributed by atoms with Crippen molar-refractivity contribution < 1.29 is 0 Å². The first-order valence-corrected chi connectivity index (χ1v) is 7.17. The molecule has 0 amide bonds. The number of aryl methyl sites for hydroxylation is 2. The van der Waals surface area contributed by atoms with Gasteiger partial charge in [0.05, 0.1) is 5.69 Å². The van der Waals surface area contributed by atoms with E-state index in [0.717, 1.165) is 18.8 Å². The lowest BCUT2D eigenvalue weighted by Crippen LogP contribution is -2.29. The highest BCUT2D eigenvalue weighted by Crippen LogP contribution is 2.23. The van der Waals surface area contributed by atoms with Gasteiger partial charge in [0.15, 0.2) is 0 Å². The number of aromatic amines is 1. The number of H-pyrrole nitrogens is 1. The standard InChI is InChI=1S/C15H29N3/c1-6-7-8-9-15(4,5)11-16-10-14-12(2)17-18-13(14)3/h16H,6-11H2,1-5H3,(H,17,18). The second-order valence-corrected chi connectivity index (χ2v) is 6.14. The summed E-state index contributed by atoms with van der Waals surface area (Å²) in [6.45, 7) is 13.1. The SMILES string of the molecule is CCCCCC(C)(C)CNCc1c(C)n[nH]c1C. The summed E-state index contributed by atoms with van der Waals surface area (Å²) in [5, 5.41) is 10.8. The van der Waals surface area contributed by atoms with Crippen LogP contribution in [-0.2, 0) is 6.54 Å². The Bertz CT molecular complexity index is 333. The van der Waals surface area contributed by atoms with Crippen LogP contribution in [0.15, 0.2) is 0 Å². The van der Waals surface area contributed by atoms with E-state index in [4.69, 9.17) is 0 Å². The van der Waals surface area contributed by atoms with E-state index in [0.29, 0.717) is 5.41 Å². The molecule has 0 saturated heterocycles. The van der Waals surface area contributed by atoms with Crippen LogP contribution < -0.4 is 5.32 Å². The lowest BCUT2D eigenvalue weighted by molar-refractivity contribution is 0.301. The smallest absolute Gasteiger partial charge is 0.0638 e. The fourth-order valence-electron chi connectivity index (χ4n) is 2.30. The first-order valence-electron chi connectivity index (χ1n) is 7.17. The van der Waals surface area contributed by atoms with E-state index >= 15 is 0 Å². The van der Waals surface area contributed by atoms with Gasteiger partial charge in [0, 0.05) is 24.3 Å². The van der Waals surface area contributed by atoms with Gasteiger partial charge in [-0.25, -0.2) is 0 Å². The zero-order valence-electron chi connectivity index (χ0n) is 12.7. The van der Waals surface area contributed by atoms with Gasteiger partial charge in [-0.15, -0.1) is 0 Å². The third-order valence-electron chi connectivity index (χ3n) is 3.64. The number of rotatable bonds is 8. The van der Waals surface area contributed by atoms with E-state index < -0.39 is 0 Å². The van der Waals surface area contributed by atoms with Gasteiger partial charge in [0.1, 0.15) is 0 Å². The average Bonchev–Trinajstić information content (AvgIpc) is 2.60. The predicted octanol–water partition coefficient (Wildman–Crippen LogP) is 3.72. The molecule has 1 aromatic rings. The van der Waals surface area contributed by atoms with Crippen molar-refractivity contribution in [3.8, 4) is 0 Å². The maximum absolute atomic E-state index is 4.23. The molecule has 0 spiro atoms. The first-order chi connectivity index (χ1) is 8.46. The largest absolute Gasteiger partial charge is 0.312 e. The zero-order valence-corrected chi connectivity index (χ0v) is 12.7. The highest BCUT2D eigenvalue weighted by atomic mass is 15.1. The molecule has 0 aliphatic rings. The Morgan fingerprint density at radius 3 is 2.50 bits per heavy atom. The van der Waals surface area contributed by atoms with Gasteiger partial charge in [-0.2, -0.15) is 5.10 Å². The van der Waals surface area contributed by atoms with Crippen LogP contribution in [0.4, 0.5) is 0 Å². The lowest BCUT2D eigenvalue weighted by atomic mass is 9.87. The Kier molecular flexibility index (Phi) is 5.86. The number of nitrogens with one attached hydrogen (secondary N) is 2. The van der Waals surface area contributed by atoms with Crippen molar-refractivity contribution in [3.63, 3.8) is 0 Å². The molecule has 1 rings (SSSR count). The summed E-state index contributed by atoms with van der Waals surface area (Å²) >= 11 is 0. The fraction of sp³-hybridized carbons (Fsp3) is 0.800. The summed E-state index contributed by atoms with van der Waals surface area (Å²) in [5.41, 5.74) is 4.01. The summed E-state index contributed by atoms with van der Waals surface area (Å²) in [7, 11) is 0. The van der Waals surface area contributed by atoms with Crippen molar-refractivity contribution in [3.05, 3.63) is 17.0 Å². The molecule has 0 aliphatic heterocycles. The Hall–Kier alpha value is -0.830. The van der Waals surface area contributed by atoms with Crippen LogP contribution in [0, 0.1) is 19.3 Å². The van der Waals surface area contributed by atoms with Crippen molar-refractivity contribution in [2.24, 2.45) is 5.41 Å². The Morgan fingerprint density at radius 2 is 1.94 bits per heavy atom. The minimum atomic E-state index is 0.390. The fourth-order valence-corrected chi connectivity index (χ4v) is 2.30. The van der Waals surface area contributed by atoms with Crippen molar-refractivity contribution >= 4 is 0 Å². The minimum Gasteiger partial charge on any atom is -0.312 e. The first kappa shape index (κ1) is 15.2. The molecule has 0 atom stereocenters. The second kappa shape index (κ2) is 6.93. The van der Waals surface area contributed by atoms with Crippen LogP contribution in [0.5, 0.6) is 0 Å². The summed E-state index contributed by atoms with van der Waals surface area (Å²) in [6, 6.07) is 0. The van der Waals surface area contributed by atoms with Gasteiger partial charge in [-0.05, 0) is 25.7 Å². The Balaban J connectivity index is 2.32. The molecule has 18 heavy (non-hydrogen) atoms. The van der Waals surface area contributed by atoms with Gasteiger partial charge in [0.2, 0.25) is 0 Å². The van der Waals surface area contributed by atoms with Crippen LogP contribution in [0.2, 0.25) is 0 Å². The normalized spacial score (nSPS) is 12.1. The summed E-state index contributed by atoms with van der Waals surface area (Å²) in [6.07, 6.45) is 5.30. The quantitative estimate of drug-likeness (QED) is 0.691. The van der Waals surface area contributed by atoms with E-state index in [1.165, 1.54) is 36.9 Å². The third-order valence-corrected chi connectivity index (χ3v) is 3.64. The molecule has 0 fully saturated rings. The number of hydrogen-bond acceptors (Lipinski definition) is 2. The van der Waals surface area contributed by atoms with E-state index in [2.05, 4.69) is 50.1 Å². The lowest BCUT2D eigenvalue weighted by Gasteiger charge is -2.25. The number of hydrogen-bond donors (Lipinski definition) is 2. The molecule has 104 valence electrons. The predicted molar refractivity (Wildman–Crippen MR) is 77.7 cm³/mol. The molecule has 3 nitrogen and oxygen atoms in total. The minimum absolute atomic E-state index is 0.390. The maximum atomic E-state index is 4.23. The molecule has 0 aliphatic carbocycles. The number of nitrogens with zero attached hydrogens (tertiary/aromatic N) is 1. The number of aromatic nitrogens is 2. The van der Waals surface area contributed by atoms with Gasteiger partial charge >= 0.3 is 0 Å². The van der Waals surface area contributed by atoms with Gasteiger partial charge in [-0.3, -0.25) is 5.10 Å². The van der Waals surface area contributed by atoms with Crippen molar-refractivity contribution in [2.75, 3.05) is 6.54 Å². The zero-order chi connectivity index (χ0) is 13.6. The molecule has 0 saturated carbocycles. The molecule has 3 heteroatoms. The van der Waals surface area contributed by atoms with Crippen LogP contribution in [0.1, 0.15) is 63.4 Å². The Labute approximate surface area is 112 Å². The monoisotopic (exact) mass is 251 g/mol. The van der Waals surface area contributed by atoms with Crippen LogP contribution in [0.25, 0.3) is 0 Å². The van der Waals surface area contributed by atoms with E-state index in [1.54, 1.807) is 0 Å². The van der Waals surface area contributed by atoms with Crippen molar-refractivity contribution in [2.45, 2.75) is 66.8 Å². The molecule has 0 bridgehead atoms. The summed E-state index contributed by atoms with van der Waals surface area (Å²) in [4.78, 5) is 0. The third kappa shape index (κ3) is 4.81. The van der Waals surface area contributed by atoms with E-state index in [-0.39, 0.29) is 0 Å². The van der Waals surface area contributed by atoms with Crippen LogP contribution in [-0.4, -0.2) is 16.7 Å². The molecule has 1 aromatic heterocycles. The maximum Gasteiger partial charge on any atom is 0.0638 e. The van der Waals surface area contributed by atoms with Gasteiger partial charge in [0.25, 0.3) is 0 Å². The molecule has 0 aromatic carbocycles. The number of unbranched alkanes of at least 4 members (excludes halogenated alkanes) is 2. The molecule has 0 radical (unpaired) electrons. The van der Waals surface area contributed by atoms with Crippen LogP contribution >= 0.6 is 0 Å². The van der Waals surface area contributed by atoms with Crippen molar-refractivity contribution in [1.82, 2.24) is 15.5 Å². The molecule has 1 heterocycles. The summed E-state index contributed by atoms with van der Waals surface area (Å²) in [5.74, 6) is 0. The highest BCUT2D eigenvalue weighted by Gasteiger charge is 2.17. The molecule has 2 N–H and O–H groups in total.